The predicted molar refractivity (Wildman–Crippen MR) is 102 cm³/mol. The van der Waals surface area contributed by atoms with Crippen molar-refractivity contribution in [3.8, 4) is 0 Å². The van der Waals surface area contributed by atoms with E-state index in [9.17, 15) is 9.59 Å². The van der Waals surface area contributed by atoms with Crippen LogP contribution < -0.4 is 10.6 Å². The van der Waals surface area contributed by atoms with Crippen LogP contribution >= 0.6 is 11.8 Å². The van der Waals surface area contributed by atoms with Gasteiger partial charge in [-0.1, -0.05) is 55.4 Å². The first-order valence-corrected chi connectivity index (χ1v) is 9.79. The number of carbonyl (C=O) groups excluding carboxylic acids is 2. The summed E-state index contributed by atoms with van der Waals surface area (Å²) in [5.41, 5.74) is 1.16. The lowest BCUT2D eigenvalue weighted by Gasteiger charge is -2.08. The number of benzene rings is 1. The number of carbonyl (C=O) groups is 2. The summed E-state index contributed by atoms with van der Waals surface area (Å²) in [5.74, 6) is 0.628. The lowest BCUT2D eigenvalue weighted by atomic mass is 10.1. The Hall–Kier alpha value is -2.35. The molecule has 26 heavy (non-hydrogen) atoms. The standard InChI is InChI=1S/C18H25N5O2S/c1-3-5-11-19-17(25)20-16(24)13-26-18-22-21-15(23(18)4-2)12-14-9-7-6-8-10-14/h6-10H,3-5,11-13H2,1-2H3,(H2,19,20,24,25). The Labute approximate surface area is 158 Å². The first kappa shape index (κ1) is 20.0. The Morgan fingerprint density at radius 2 is 1.92 bits per heavy atom. The molecule has 0 unspecified atom stereocenters. The van der Waals surface area contributed by atoms with Crippen molar-refractivity contribution in [3.05, 3.63) is 41.7 Å². The van der Waals surface area contributed by atoms with Gasteiger partial charge in [-0.05, 0) is 18.9 Å². The van der Waals surface area contributed by atoms with Crippen molar-refractivity contribution >= 4 is 23.7 Å². The van der Waals surface area contributed by atoms with E-state index in [2.05, 4.69) is 20.8 Å². The predicted octanol–water partition coefficient (Wildman–Crippen LogP) is 2.61. The Balaban J connectivity index is 1.87. The van der Waals surface area contributed by atoms with Crippen LogP contribution in [0.2, 0.25) is 0 Å². The maximum atomic E-state index is 11.9. The molecule has 0 aliphatic rings. The number of nitrogens with zero attached hydrogens (tertiary/aromatic N) is 3. The molecule has 0 bridgehead atoms. The Kier molecular flexibility index (Phi) is 8.14. The van der Waals surface area contributed by atoms with Gasteiger partial charge in [0.25, 0.3) is 0 Å². The lowest BCUT2D eigenvalue weighted by Crippen LogP contribution is -2.40. The summed E-state index contributed by atoms with van der Waals surface area (Å²) in [6, 6.07) is 9.61. The van der Waals surface area contributed by atoms with Crippen molar-refractivity contribution in [2.45, 2.75) is 44.8 Å². The van der Waals surface area contributed by atoms with Crippen molar-refractivity contribution in [2.75, 3.05) is 12.3 Å². The summed E-state index contributed by atoms with van der Waals surface area (Å²) in [6.07, 6.45) is 2.57. The fourth-order valence-electron chi connectivity index (χ4n) is 2.37. The van der Waals surface area contributed by atoms with E-state index in [1.165, 1.54) is 11.8 Å². The van der Waals surface area contributed by atoms with Crippen LogP contribution in [0.1, 0.15) is 38.1 Å². The molecule has 0 radical (unpaired) electrons. The van der Waals surface area contributed by atoms with Crippen LogP contribution in [-0.4, -0.2) is 39.0 Å². The van der Waals surface area contributed by atoms with Crippen LogP contribution in [0.3, 0.4) is 0 Å². The number of imide groups is 1. The molecule has 140 valence electrons. The second kappa shape index (κ2) is 10.6. The van der Waals surface area contributed by atoms with Crippen molar-refractivity contribution < 1.29 is 9.59 Å². The number of amides is 3. The monoisotopic (exact) mass is 375 g/mol. The van der Waals surface area contributed by atoms with Gasteiger partial charge in [0.2, 0.25) is 5.91 Å². The van der Waals surface area contributed by atoms with E-state index in [0.29, 0.717) is 18.1 Å². The number of hydrogen-bond donors (Lipinski definition) is 2. The van der Waals surface area contributed by atoms with Gasteiger partial charge in [-0.2, -0.15) is 0 Å². The Bertz CT molecular complexity index is 718. The Morgan fingerprint density at radius 3 is 2.62 bits per heavy atom. The molecule has 0 saturated carbocycles. The molecule has 0 aliphatic heterocycles. The van der Waals surface area contributed by atoms with Gasteiger partial charge in [0, 0.05) is 19.5 Å². The maximum Gasteiger partial charge on any atom is 0.321 e. The number of urea groups is 1. The van der Waals surface area contributed by atoms with Gasteiger partial charge in [0.1, 0.15) is 5.82 Å². The summed E-state index contributed by atoms with van der Waals surface area (Å²) in [4.78, 5) is 23.5. The second-order valence-corrected chi connectivity index (χ2v) is 6.69. The summed E-state index contributed by atoms with van der Waals surface area (Å²) in [5, 5.41) is 14.1. The molecule has 1 heterocycles. The normalized spacial score (nSPS) is 10.5. The zero-order valence-electron chi connectivity index (χ0n) is 15.2. The highest BCUT2D eigenvalue weighted by molar-refractivity contribution is 7.99. The van der Waals surface area contributed by atoms with E-state index in [0.717, 1.165) is 30.8 Å². The topological polar surface area (TPSA) is 88.9 Å². The first-order chi connectivity index (χ1) is 12.6. The number of unbranched alkanes of at least 4 members (excludes halogenated alkanes) is 1. The minimum Gasteiger partial charge on any atom is -0.338 e. The molecule has 0 spiro atoms. The molecule has 0 atom stereocenters. The van der Waals surface area contributed by atoms with Gasteiger partial charge >= 0.3 is 6.03 Å². The van der Waals surface area contributed by atoms with E-state index >= 15 is 0 Å². The zero-order chi connectivity index (χ0) is 18.8. The number of thioether (sulfide) groups is 1. The third-order valence-electron chi connectivity index (χ3n) is 3.72. The molecule has 2 N–H and O–H groups in total. The third-order valence-corrected chi connectivity index (χ3v) is 4.68. The maximum absolute atomic E-state index is 11.9. The number of nitrogens with one attached hydrogen (secondary N) is 2. The largest absolute Gasteiger partial charge is 0.338 e. The smallest absolute Gasteiger partial charge is 0.321 e. The zero-order valence-corrected chi connectivity index (χ0v) is 16.0. The summed E-state index contributed by atoms with van der Waals surface area (Å²) in [6.45, 7) is 5.34. The van der Waals surface area contributed by atoms with Crippen LogP contribution in [0.25, 0.3) is 0 Å². The average Bonchev–Trinajstić information content (AvgIpc) is 3.02. The molecular formula is C18H25N5O2S. The number of rotatable bonds is 9. The first-order valence-electron chi connectivity index (χ1n) is 8.80. The van der Waals surface area contributed by atoms with E-state index in [-0.39, 0.29) is 11.7 Å². The lowest BCUT2D eigenvalue weighted by molar-refractivity contribution is -0.117. The highest BCUT2D eigenvalue weighted by Crippen LogP contribution is 2.18. The van der Waals surface area contributed by atoms with Gasteiger partial charge in [-0.3, -0.25) is 10.1 Å². The Morgan fingerprint density at radius 1 is 1.15 bits per heavy atom. The summed E-state index contributed by atoms with van der Waals surface area (Å²) in [7, 11) is 0. The van der Waals surface area contributed by atoms with Crippen molar-refractivity contribution in [3.63, 3.8) is 0 Å². The SMILES string of the molecule is CCCCNC(=O)NC(=O)CSc1nnc(Cc2ccccc2)n1CC. The highest BCUT2D eigenvalue weighted by Gasteiger charge is 2.14. The quantitative estimate of drug-likeness (QED) is 0.519. The van der Waals surface area contributed by atoms with E-state index < -0.39 is 6.03 Å². The molecule has 8 heteroatoms. The van der Waals surface area contributed by atoms with E-state index in [1.807, 2.05) is 48.7 Å². The second-order valence-electron chi connectivity index (χ2n) is 5.75. The molecule has 2 rings (SSSR count). The van der Waals surface area contributed by atoms with Crippen LogP contribution in [-0.2, 0) is 17.8 Å². The van der Waals surface area contributed by atoms with Gasteiger partial charge < -0.3 is 9.88 Å². The van der Waals surface area contributed by atoms with Crippen LogP contribution in [0.4, 0.5) is 4.79 Å². The minimum atomic E-state index is -0.453. The molecule has 0 saturated heterocycles. The van der Waals surface area contributed by atoms with E-state index in [4.69, 9.17) is 0 Å². The van der Waals surface area contributed by atoms with Gasteiger partial charge in [-0.25, -0.2) is 4.79 Å². The molecule has 3 amide bonds. The molecule has 2 aromatic rings. The van der Waals surface area contributed by atoms with Crippen LogP contribution in [0.15, 0.2) is 35.5 Å². The summed E-state index contributed by atoms with van der Waals surface area (Å²) >= 11 is 1.28. The van der Waals surface area contributed by atoms with Gasteiger partial charge in [-0.15, -0.1) is 10.2 Å². The number of aromatic nitrogens is 3. The molecule has 0 aliphatic carbocycles. The highest BCUT2D eigenvalue weighted by atomic mass is 32.2. The van der Waals surface area contributed by atoms with Gasteiger partial charge in [0.05, 0.1) is 5.75 Å². The summed E-state index contributed by atoms with van der Waals surface area (Å²) < 4.78 is 1.99. The van der Waals surface area contributed by atoms with Gasteiger partial charge in [0.15, 0.2) is 5.16 Å². The molecular weight excluding hydrogens is 350 g/mol. The average molecular weight is 375 g/mol. The number of hydrogen-bond acceptors (Lipinski definition) is 5. The fraction of sp³-hybridized carbons (Fsp3) is 0.444. The fourth-order valence-corrected chi connectivity index (χ4v) is 3.19. The van der Waals surface area contributed by atoms with Crippen molar-refractivity contribution in [2.24, 2.45) is 0 Å². The molecule has 0 fully saturated rings. The third kappa shape index (κ3) is 6.18. The van der Waals surface area contributed by atoms with Crippen molar-refractivity contribution in [1.29, 1.82) is 0 Å². The molecule has 1 aromatic carbocycles. The van der Waals surface area contributed by atoms with E-state index in [1.54, 1.807) is 0 Å². The molecule has 7 nitrogen and oxygen atoms in total. The minimum absolute atomic E-state index is 0.116. The van der Waals surface area contributed by atoms with Crippen molar-refractivity contribution in [1.82, 2.24) is 25.4 Å². The molecule has 1 aromatic heterocycles. The van der Waals surface area contributed by atoms with Crippen LogP contribution in [0.5, 0.6) is 0 Å². The van der Waals surface area contributed by atoms with Crippen LogP contribution in [0, 0.1) is 0 Å².